The van der Waals surface area contributed by atoms with Gasteiger partial charge in [-0.2, -0.15) is 0 Å². The standard InChI is InChI=1S/C12H19NO3/c14-11-3-1-10(2-4-11)13-12(15)9-5-7-16-8-6-9/h9-10H,1-8H2,(H,13,15). The van der Waals surface area contributed by atoms with Gasteiger partial charge in [-0.15, -0.1) is 0 Å². The van der Waals surface area contributed by atoms with Gasteiger partial charge in [0.1, 0.15) is 5.78 Å². The molecule has 16 heavy (non-hydrogen) atoms. The van der Waals surface area contributed by atoms with Crippen molar-refractivity contribution in [1.29, 1.82) is 0 Å². The molecule has 2 aliphatic rings. The highest BCUT2D eigenvalue weighted by atomic mass is 16.5. The molecule has 0 unspecified atom stereocenters. The first kappa shape index (κ1) is 11.6. The van der Waals surface area contributed by atoms with Crippen LogP contribution in [0.3, 0.4) is 0 Å². The van der Waals surface area contributed by atoms with Gasteiger partial charge in [0.2, 0.25) is 5.91 Å². The van der Waals surface area contributed by atoms with Gasteiger partial charge in [0.25, 0.3) is 0 Å². The van der Waals surface area contributed by atoms with Gasteiger partial charge in [0.05, 0.1) is 0 Å². The molecule has 0 bridgehead atoms. The van der Waals surface area contributed by atoms with Crippen molar-refractivity contribution < 1.29 is 14.3 Å². The Morgan fingerprint density at radius 2 is 1.75 bits per heavy atom. The van der Waals surface area contributed by atoms with Crippen LogP contribution in [-0.2, 0) is 14.3 Å². The molecule has 0 radical (unpaired) electrons. The molecule has 1 heterocycles. The van der Waals surface area contributed by atoms with E-state index in [2.05, 4.69) is 5.32 Å². The second kappa shape index (κ2) is 5.43. The van der Waals surface area contributed by atoms with Crippen molar-refractivity contribution in [3.05, 3.63) is 0 Å². The van der Waals surface area contributed by atoms with E-state index in [0.29, 0.717) is 31.8 Å². The van der Waals surface area contributed by atoms with E-state index < -0.39 is 0 Å². The Morgan fingerprint density at radius 3 is 2.38 bits per heavy atom. The van der Waals surface area contributed by atoms with E-state index in [4.69, 9.17) is 4.74 Å². The van der Waals surface area contributed by atoms with Crippen LogP contribution >= 0.6 is 0 Å². The van der Waals surface area contributed by atoms with E-state index in [1.165, 1.54) is 0 Å². The first-order chi connectivity index (χ1) is 7.75. The van der Waals surface area contributed by atoms with Crippen LogP contribution in [0, 0.1) is 5.92 Å². The van der Waals surface area contributed by atoms with E-state index in [0.717, 1.165) is 25.7 Å². The summed E-state index contributed by atoms with van der Waals surface area (Å²) in [5, 5.41) is 3.06. The summed E-state index contributed by atoms with van der Waals surface area (Å²) in [4.78, 5) is 23.0. The fourth-order valence-corrected chi connectivity index (χ4v) is 2.36. The van der Waals surface area contributed by atoms with Gasteiger partial charge in [-0.3, -0.25) is 9.59 Å². The molecule has 0 spiro atoms. The van der Waals surface area contributed by atoms with Gasteiger partial charge < -0.3 is 10.1 Å². The minimum absolute atomic E-state index is 0.117. The summed E-state index contributed by atoms with van der Waals surface area (Å²) in [6.45, 7) is 1.39. The summed E-state index contributed by atoms with van der Waals surface area (Å²) in [5.74, 6) is 0.602. The number of nitrogens with one attached hydrogen (secondary N) is 1. The topological polar surface area (TPSA) is 55.4 Å². The number of Topliss-reactive ketones (excluding diaryl/α,β-unsaturated/α-hetero) is 1. The number of rotatable bonds is 2. The molecule has 90 valence electrons. The normalized spacial score (nSPS) is 24.4. The second-order valence-corrected chi connectivity index (χ2v) is 4.71. The lowest BCUT2D eigenvalue weighted by Crippen LogP contribution is -2.42. The minimum atomic E-state index is 0.117. The van der Waals surface area contributed by atoms with Gasteiger partial charge in [-0.1, -0.05) is 0 Å². The van der Waals surface area contributed by atoms with Gasteiger partial charge in [0, 0.05) is 38.0 Å². The van der Waals surface area contributed by atoms with Crippen LogP contribution < -0.4 is 5.32 Å². The molecule has 0 aromatic heterocycles. The number of carbonyl (C=O) groups excluding carboxylic acids is 2. The SMILES string of the molecule is O=C1CCC(NC(=O)C2CCOCC2)CC1. The molecular weight excluding hydrogens is 206 g/mol. The molecule has 1 N–H and O–H groups in total. The Morgan fingerprint density at radius 1 is 1.12 bits per heavy atom. The summed E-state index contributed by atoms with van der Waals surface area (Å²) < 4.78 is 5.23. The average Bonchev–Trinajstić information content (AvgIpc) is 2.33. The Bertz CT molecular complexity index is 261. The van der Waals surface area contributed by atoms with Crippen molar-refractivity contribution in [2.45, 2.75) is 44.6 Å². The number of carbonyl (C=O) groups is 2. The molecule has 4 heteroatoms. The second-order valence-electron chi connectivity index (χ2n) is 4.71. The molecular formula is C12H19NO3. The van der Waals surface area contributed by atoms with Gasteiger partial charge >= 0.3 is 0 Å². The van der Waals surface area contributed by atoms with Crippen LogP contribution in [0.4, 0.5) is 0 Å². The predicted molar refractivity (Wildman–Crippen MR) is 58.9 cm³/mol. The number of ketones is 1. The molecule has 2 fully saturated rings. The van der Waals surface area contributed by atoms with Crippen molar-refractivity contribution in [1.82, 2.24) is 5.32 Å². The van der Waals surface area contributed by atoms with Crippen molar-refractivity contribution >= 4 is 11.7 Å². The van der Waals surface area contributed by atoms with Crippen LogP contribution in [0.1, 0.15) is 38.5 Å². The Labute approximate surface area is 95.7 Å². The summed E-state index contributed by atoms with van der Waals surface area (Å²) in [7, 11) is 0. The van der Waals surface area contributed by atoms with Crippen molar-refractivity contribution in [3.8, 4) is 0 Å². The number of hydrogen-bond donors (Lipinski definition) is 1. The molecule has 1 aliphatic carbocycles. The summed E-state index contributed by atoms with van der Waals surface area (Å²) in [6, 6.07) is 0.216. The highest BCUT2D eigenvalue weighted by Crippen LogP contribution is 2.18. The maximum atomic E-state index is 11.9. The van der Waals surface area contributed by atoms with Gasteiger partial charge in [-0.05, 0) is 25.7 Å². The van der Waals surface area contributed by atoms with Crippen LogP contribution in [0.5, 0.6) is 0 Å². The average molecular weight is 225 g/mol. The molecule has 0 aromatic rings. The third-order valence-electron chi connectivity index (χ3n) is 3.48. The first-order valence-corrected chi connectivity index (χ1v) is 6.15. The maximum absolute atomic E-state index is 11.9. The quantitative estimate of drug-likeness (QED) is 0.764. The molecule has 1 amide bonds. The highest BCUT2D eigenvalue weighted by Gasteiger charge is 2.25. The fraction of sp³-hybridized carbons (Fsp3) is 0.833. The first-order valence-electron chi connectivity index (χ1n) is 6.15. The molecule has 4 nitrogen and oxygen atoms in total. The van der Waals surface area contributed by atoms with Crippen LogP contribution in [0.25, 0.3) is 0 Å². The number of ether oxygens (including phenoxy) is 1. The van der Waals surface area contributed by atoms with Crippen LogP contribution in [0.2, 0.25) is 0 Å². The summed E-state index contributed by atoms with van der Waals surface area (Å²) in [6.07, 6.45) is 4.54. The maximum Gasteiger partial charge on any atom is 0.223 e. The highest BCUT2D eigenvalue weighted by molar-refractivity contribution is 5.81. The molecule has 1 saturated heterocycles. The number of amides is 1. The summed E-state index contributed by atoms with van der Waals surface area (Å²) in [5.41, 5.74) is 0. The van der Waals surface area contributed by atoms with E-state index in [1.54, 1.807) is 0 Å². The smallest absolute Gasteiger partial charge is 0.223 e. The molecule has 0 aromatic carbocycles. The van der Waals surface area contributed by atoms with Gasteiger partial charge in [-0.25, -0.2) is 0 Å². The lowest BCUT2D eigenvalue weighted by atomic mass is 9.93. The van der Waals surface area contributed by atoms with E-state index in [1.807, 2.05) is 0 Å². The Hall–Kier alpha value is -0.900. The third kappa shape index (κ3) is 3.04. The van der Waals surface area contributed by atoms with Crippen LogP contribution in [-0.4, -0.2) is 30.9 Å². The molecule has 1 saturated carbocycles. The Balaban J connectivity index is 1.75. The molecule has 1 aliphatic heterocycles. The predicted octanol–water partition coefficient (Wildman–Crippen LogP) is 1.04. The third-order valence-corrected chi connectivity index (χ3v) is 3.48. The zero-order chi connectivity index (χ0) is 11.4. The molecule has 0 atom stereocenters. The van der Waals surface area contributed by atoms with Crippen molar-refractivity contribution in [3.63, 3.8) is 0 Å². The van der Waals surface area contributed by atoms with Crippen molar-refractivity contribution in [2.75, 3.05) is 13.2 Å². The lowest BCUT2D eigenvalue weighted by Gasteiger charge is -2.26. The van der Waals surface area contributed by atoms with E-state index in [-0.39, 0.29) is 17.9 Å². The Kier molecular flexibility index (Phi) is 3.93. The number of hydrogen-bond acceptors (Lipinski definition) is 3. The minimum Gasteiger partial charge on any atom is -0.381 e. The largest absolute Gasteiger partial charge is 0.381 e. The van der Waals surface area contributed by atoms with Crippen molar-refractivity contribution in [2.24, 2.45) is 5.92 Å². The fourth-order valence-electron chi connectivity index (χ4n) is 2.36. The van der Waals surface area contributed by atoms with Gasteiger partial charge in [0.15, 0.2) is 0 Å². The zero-order valence-corrected chi connectivity index (χ0v) is 9.54. The van der Waals surface area contributed by atoms with Crippen LogP contribution in [0.15, 0.2) is 0 Å². The monoisotopic (exact) mass is 225 g/mol. The van der Waals surface area contributed by atoms with E-state index in [9.17, 15) is 9.59 Å². The van der Waals surface area contributed by atoms with E-state index >= 15 is 0 Å². The lowest BCUT2D eigenvalue weighted by molar-refractivity contribution is -0.130. The summed E-state index contributed by atoms with van der Waals surface area (Å²) >= 11 is 0. The zero-order valence-electron chi connectivity index (χ0n) is 9.54. The molecule has 2 rings (SSSR count).